The van der Waals surface area contributed by atoms with Crippen molar-refractivity contribution in [2.24, 2.45) is 0 Å². The standard InChI is InChI=1S/C9H12O.Mg.2H/c1-9(2,10)8-6-4-3-5-7-8;;;/h3-7,10H,1-2H3;;;/q;+2;2*-1. The van der Waals surface area contributed by atoms with Crippen molar-refractivity contribution in [1.29, 1.82) is 0 Å². The van der Waals surface area contributed by atoms with Gasteiger partial charge in [0.2, 0.25) is 0 Å². The van der Waals surface area contributed by atoms with E-state index in [1.807, 2.05) is 30.3 Å². The monoisotopic (exact) mass is 162 g/mol. The summed E-state index contributed by atoms with van der Waals surface area (Å²) in [5.41, 5.74) is 0.247. The average Bonchev–Trinajstić information content (AvgIpc) is 1.88. The van der Waals surface area contributed by atoms with Gasteiger partial charge in [-0.15, -0.1) is 0 Å². The van der Waals surface area contributed by atoms with E-state index in [1.165, 1.54) is 0 Å². The predicted molar refractivity (Wildman–Crippen MR) is 49.7 cm³/mol. The van der Waals surface area contributed by atoms with E-state index in [0.717, 1.165) is 5.56 Å². The van der Waals surface area contributed by atoms with Gasteiger partial charge in [0.1, 0.15) is 0 Å². The Hall–Kier alpha value is -0.0538. The number of aliphatic hydroxyl groups is 1. The summed E-state index contributed by atoms with van der Waals surface area (Å²) >= 11 is 0. The van der Waals surface area contributed by atoms with Crippen LogP contribution >= 0.6 is 0 Å². The molecule has 1 N–H and O–H groups in total. The molecule has 2 heteroatoms. The van der Waals surface area contributed by atoms with Gasteiger partial charge in [0.25, 0.3) is 0 Å². The fourth-order valence-electron chi connectivity index (χ4n) is 0.846. The van der Waals surface area contributed by atoms with E-state index < -0.39 is 5.60 Å². The molecule has 1 aromatic rings. The first-order valence-corrected chi connectivity index (χ1v) is 3.38. The summed E-state index contributed by atoms with van der Waals surface area (Å²) in [7, 11) is 0. The van der Waals surface area contributed by atoms with Crippen molar-refractivity contribution >= 4 is 23.1 Å². The van der Waals surface area contributed by atoms with Crippen LogP contribution in [-0.4, -0.2) is 28.2 Å². The molecule has 0 aliphatic carbocycles. The Morgan fingerprint density at radius 3 is 1.91 bits per heavy atom. The first-order chi connectivity index (χ1) is 4.61. The molecule has 0 saturated carbocycles. The first kappa shape index (κ1) is 10.9. The maximum atomic E-state index is 9.49. The van der Waals surface area contributed by atoms with E-state index >= 15 is 0 Å². The van der Waals surface area contributed by atoms with Crippen molar-refractivity contribution < 1.29 is 7.96 Å². The van der Waals surface area contributed by atoms with E-state index in [2.05, 4.69) is 0 Å². The molecule has 1 rings (SSSR count). The fourth-order valence-corrected chi connectivity index (χ4v) is 0.846. The van der Waals surface area contributed by atoms with Gasteiger partial charge in [0, 0.05) is 0 Å². The summed E-state index contributed by atoms with van der Waals surface area (Å²) in [6.45, 7) is 3.56. The van der Waals surface area contributed by atoms with Gasteiger partial charge in [-0.25, -0.2) is 0 Å². The zero-order valence-corrected chi connectivity index (χ0v) is 8.46. The second-order valence-electron chi connectivity index (χ2n) is 2.93. The Bertz CT molecular complexity index is 209. The normalized spacial score (nSPS) is 10.5. The third kappa shape index (κ3) is 3.23. The van der Waals surface area contributed by atoms with Crippen LogP contribution in [0.5, 0.6) is 0 Å². The van der Waals surface area contributed by atoms with Crippen molar-refractivity contribution in [3.63, 3.8) is 0 Å². The van der Waals surface area contributed by atoms with Crippen LogP contribution in [0.1, 0.15) is 22.3 Å². The van der Waals surface area contributed by atoms with Gasteiger partial charge in [0.15, 0.2) is 0 Å². The summed E-state index contributed by atoms with van der Waals surface area (Å²) < 4.78 is 0. The minimum absolute atomic E-state index is 0. The van der Waals surface area contributed by atoms with Gasteiger partial charge < -0.3 is 7.96 Å². The molecule has 0 amide bonds. The first-order valence-electron chi connectivity index (χ1n) is 3.38. The molecular formula is C9H14MgO. The molecule has 0 aromatic heterocycles. The predicted octanol–water partition coefficient (Wildman–Crippen LogP) is 1.76. The topological polar surface area (TPSA) is 20.2 Å². The van der Waals surface area contributed by atoms with Crippen molar-refractivity contribution in [2.45, 2.75) is 19.4 Å². The largest absolute Gasteiger partial charge is 2.00 e. The molecule has 0 aliphatic heterocycles. The van der Waals surface area contributed by atoms with Gasteiger partial charge >= 0.3 is 23.1 Å². The number of hydrogen-bond acceptors (Lipinski definition) is 1. The Kier molecular flexibility index (Phi) is 4.07. The molecule has 0 spiro atoms. The van der Waals surface area contributed by atoms with Gasteiger partial charge in [0.05, 0.1) is 5.60 Å². The van der Waals surface area contributed by atoms with E-state index in [9.17, 15) is 5.11 Å². The summed E-state index contributed by atoms with van der Waals surface area (Å²) in [5.74, 6) is 0. The molecule has 1 nitrogen and oxygen atoms in total. The number of hydrogen-bond donors (Lipinski definition) is 1. The quantitative estimate of drug-likeness (QED) is 0.624. The molecule has 0 unspecified atom stereocenters. The van der Waals surface area contributed by atoms with E-state index in [4.69, 9.17) is 0 Å². The molecule has 11 heavy (non-hydrogen) atoms. The van der Waals surface area contributed by atoms with Crippen LogP contribution in [0.15, 0.2) is 30.3 Å². The smallest absolute Gasteiger partial charge is 1.00 e. The SMILES string of the molecule is CC(C)(O)c1ccccc1.[H-].[H-].[Mg+2]. The summed E-state index contributed by atoms with van der Waals surface area (Å²) in [4.78, 5) is 0. The molecule has 0 saturated heterocycles. The second kappa shape index (κ2) is 4.09. The zero-order valence-electron chi connectivity index (χ0n) is 9.04. The Balaban J connectivity index is -0.000000333. The van der Waals surface area contributed by atoms with Crippen LogP contribution in [0.3, 0.4) is 0 Å². The summed E-state index contributed by atoms with van der Waals surface area (Å²) in [5, 5.41) is 9.49. The third-order valence-corrected chi connectivity index (χ3v) is 1.48. The van der Waals surface area contributed by atoms with Crippen molar-refractivity contribution in [3.8, 4) is 0 Å². The molecular weight excluding hydrogens is 148 g/mol. The maximum absolute atomic E-state index is 9.49. The van der Waals surface area contributed by atoms with Crippen molar-refractivity contribution in [3.05, 3.63) is 35.9 Å². The van der Waals surface area contributed by atoms with Gasteiger partial charge in [-0.1, -0.05) is 30.3 Å². The Morgan fingerprint density at radius 2 is 1.64 bits per heavy atom. The van der Waals surface area contributed by atoms with Crippen LogP contribution < -0.4 is 0 Å². The van der Waals surface area contributed by atoms with Crippen molar-refractivity contribution in [1.82, 2.24) is 0 Å². The van der Waals surface area contributed by atoms with Crippen LogP contribution in [0.25, 0.3) is 0 Å². The van der Waals surface area contributed by atoms with Crippen molar-refractivity contribution in [2.75, 3.05) is 0 Å². The fraction of sp³-hybridized carbons (Fsp3) is 0.333. The van der Waals surface area contributed by atoms with E-state index in [-0.39, 0.29) is 25.9 Å². The molecule has 58 valence electrons. The Labute approximate surface area is 86.6 Å². The molecule has 0 radical (unpaired) electrons. The van der Waals surface area contributed by atoms with Gasteiger partial charge in [-0.3, -0.25) is 0 Å². The molecule has 0 aliphatic rings. The van der Waals surface area contributed by atoms with Gasteiger partial charge in [-0.05, 0) is 19.4 Å². The summed E-state index contributed by atoms with van der Waals surface area (Å²) in [6.07, 6.45) is 0. The maximum Gasteiger partial charge on any atom is 2.00 e. The molecule has 0 bridgehead atoms. The van der Waals surface area contributed by atoms with Crippen LogP contribution in [0.2, 0.25) is 0 Å². The summed E-state index contributed by atoms with van der Waals surface area (Å²) in [6, 6.07) is 9.62. The number of benzene rings is 1. The van der Waals surface area contributed by atoms with E-state index in [1.54, 1.807) is 13.8 Å². The van der Waals surface area contributed by atoms with Crippen LogP contribution in [0, 0.1) is 0 Å². The van der Waals surface area contributed by atoms with E-state index in [0.29, 0.717) is 0 Å². The van der Waals surface area contributed by atoms with Crippen LogP contribution in [-0.2, 0) is 5.60 Å². The second-order valence-corrected chi connectivity index (χ2v) is 2.93. The number of rotatable bonds is 1. The molecule has 0 fully saturated rings. The Morgan fingerprint density at radius 1 is 1.18 bits per heavy atom. The zero-order chi connectivity index (χ0) is 7.61. The minimum atomic E-state index is -0.707. The molecule has 0 atom stereocenters. The van der Waals surface area contributed by atoms with Gasteiger partial charge in [-0.2, -0.15) is 0 Å². The third-order valence-electron chi connectivity index (χ3n) is 1.48. The minimum Gasteiger partial charge on any atom is -1.00 e. The molecule has 0 heterocycles. The molecule has 1 aromatic carbocycles. The van der Waals surface area contributed by atoms with Crippen LogP contribution in [0.4, 0.5) is 0 Å². The average molecular weight is 163 g/mol.